The van der Waals surface area contributed by atoms with Gasteiger partial charge in [-0.3, -0.25) is 9.48 Å². The average Bonchev–Trinajstić information content (AvgIpc) is 3.34. The molecule has 0 saturated heterocycles. The number of hydrogen-bond acceptors (Lipinski definition) is 5. The lowest BCUT2D eigenvalue weighted by Gasteiger charge is -2.41. The number of aromatic carboxylic acids is 1. The second kappa shape index (κ2) is 8.90. The van der Waals surface area contributed by atoms with Crippen LogP contribution in [0.25, 0.3) is 11.1 Å². The minimum absolute atomic E-state index is 0.0153. The summed E-state index contributed by atoms with van der Waals surface area (Å²) in [5, 5.41) is 18.7. The topological polar surface area (TPSA) is 123 Å². The van der Waals surface area contributed by atoms with Crippen molar-refractivity contribution in [1.82, 2.24) is 15.1 Å². The van der Waals surface area contributed by atoms with Crippen LogP contribution in [0.2, 0.25) is 0 Å². The number of carbonyl (C=O) groups excluding carboxylic acids is 2. The highest BCUT2D eigenvalue weighted by Gasteiger charge is 2.41. The van der Waals surface area contributed by atoms with Crippen LogP contribution >= 0.6 is 0 Å². The number of anilines is 1. The van der Waals surface area contributed by atoms with Gasteiger partial charge in [0.15, 0.2) is 0 Å². The molecule has 3 N–H and O–H groups in total. The third-order valence-corrected chi connectivity index (χ3v) is 6.95. The normalized spacial score (nSPS) is 15.5. The standard InChI is InChI=1S/C26H26N4O5/c1-30-23(20(14-27-30)24(32)33)28-22(31)13-26(11-6-12-26)29-25(34)35-15-21-18-9-4-2-7-16(18)17-8-3-5-10-19(17)21/h2-5,7-10,14,21H,6,11-13,15H2,1H3,(H,28,31)(H,29,34)(H,32,33). The van der Waals surface area contributed by atoms with E-state index in [2.05, 4.69) is 40.0 Å². The van der Waals surface area contributed by atoms with Crippen molar-refractivity contribution in [2.75, 3.05) is 11.9 Å². The van der Waals surface area contributed by atoms with E-state index in [9.17, 15) is 19.5 Å². The van der Waals surface area contributed by atoms with Crippen LogP contribution in [-0.4, -0.2) is 45.0 Å². The van der Waals surface area contributed by atoms with Crippen LogP contribution in [0.3, 0.4) is 0 Å². The smallest absolute Gasteiger partial charge is 0.407 e. The van der Waals surface area contributed by atoms with E-state index < -0.39 is 23.5 Å². The van der Waals surface area contributed by atoms with E-state index in [4.69, 9.17) is 4.74 Å². The van der Waals surface area contributed by atoms with Gasteiger partial charge in [-0.2, -0.15) is 5.10 Å². The predicted molar refractivity (Wildman–Crippen MR) is 128 cm³/mol. The predicted octanol–water partition coefficient (Wildman–Crippen LogP) is 3.91. The first-order valence-corrected chi connectivity index (χ1v) is 11.6. The van der Waals surface area contributed by atoms with Crippen molar-refractivity contribution < 1.29 is 24.2 Å². The Labute approximate surface area is 202 Å². The van der Waals surface area contributed by atoms with Gasteiger partial charge in [0.2, 0.25) is 5.91 Å². The van der Waals surface area contributed by atoms with E-state index in [1.165, 1.54) is 10.9 Å². The fraction of sp³-hybridized carbons (Fsp3) is 0.308. The van der Waals surface area contributed by atoms with Gasteiger partial charge in [-0.1, -0.05) is 48.5 Å². The fourth-order valence-corrected chi connectivity index (χ4v) is 5.03. The first-order valence-electron chi connectivity index (χ1n) is 11.6. The molecular weight excluding hydrogens is 448 g/mol. The molecule has 2 aliphatic carbocycles. The van der Waals surface area contributed by atoms with Gasteiger partial charge in [0, 0.05) is 13.0 Å². The molecule has 0 bridgehead atoms. The Morgan fingerprint density at radius 2 is 1.71 bits per heavy atom. The molecule has 5 rings (SSSR count). The average molecular weight is 475 g/mol. The largest absolute Gasteiger partial charge is 0.477 e. The summed E-state index contributed by atoms with van der Waals surface area (Å²) in [5.41, 5.74) is 3.76. The summed E-state index contributed by atoms with van der Waals surface area (Å²) < 4.78 is 6.95. The van der Waals surface area contributed by atoms with Crippen LogP contribution in [-0.2, 0) is 16.6 Å². The highest BCUT2D eigenvalue weighted by Crippen LogP contribution is 2.44. The Balaban J connectivity index is 1.22. The number of nitrogens with one attached hydrogen (secondary N) is 2. The van der Waals surface area contributed by atoms with Gasteiger partial charge in [0.1, 0.15) is 18.0 Å². The minimum Gasteiger partial charge on any atom is -0.477 e. The van der Waals surface area contributed by atoms with Gasteiger partial charge in [-0.25, -0.2) is 9.59 Å². The number of aryl methyl sites for hydroxylation is 1. The lowest BCUT2D eigenvalue weighted by Crippen LogP contribution is -2.55. The van der Waals surface area contributed by atoms with Crippen molar-refractivity contribution in [3.8, 4) is 11.1 Å². The molecule has 2 aromatic carbocycles. The summed E-state index contributed by atoms with van der Waals surface area (Å²) >= 11 is 0. The monoisotopic (exact) mass is 474 g/mol. The summed E-state index contributed by atoms with van der Waals surface area (Å²) in [6.45, 7) is 0.194. The Bertz CT molecular complexity index is 1270. The SMILES string of the molecule is Cn1ncc(C(=O)O)c1NC(=O)CC1(NC(=O)OCC2c3ccccc3-c3ccccc32)CCC1. The van der Waals surface area contributed by atoms with Gasteiger partial charge in [-0.05, 0) is 41.5 Å². The van der Waals surface area contributed by atoms with Crippen LogP contribution in [0.5, 0.6) is 0 Å². The van der Waals surface area contributed by atoms with Crippen LogP contribution < -0.4 is 10.6 Å². The van der Waals surface area contributed by atoms with Crippen molar-refractivity contribution in [3.05, 3.63) is 71.4 Å². The molecule has 1 heterocycles. The zero-order chi connectivity index (χ0) is 24.6. The maximum Gasteiger partial charge on any atom is 0.407 e. The maximum absolute atomic E-state index is 12.8. The molecule has 9 nitrogen and oxygen atoms in total. The van der Waals surface area contributed by atoms with Crippen LogP contribution in [0, 0.1) is 0 Å². The van der Waals surface area contributed by atoms with E-state index in [0.717, 1.165) is 28.7 Å². The van der Waals surface area contributed by atoms with Crippen LogP contribution in [0.15, 0.2) is 54.7 Å². The summed E-state index contributed by atoms with van der Waals surface area (Å²) in [5.74, 6) is -1.51. The molecule has 0 atom stereocenters. The number of amides is 2. The van der Waals surface area contributed by atoms with Gasteiger partial charge >= 0.3 is 12.1 Å². The van der Waals surface area contributed by atoms with Crippen LogP contribution in [0.4, 0.5) is 10.6 Å². The van der Waals surface area contributed by atoms with Crippen molar-refractivity contribution >= 4 is 23.8 Å². The number of carboxylic acid groups (broad SMARTS) is 1. The number of benzene rings is 2. The maximum atomic E-state index is 12.8. The van der Waals surface area contributed by atoms with E-state index in [1.54, 1.807) is 7.05 Å². The number of hydrogen-bond donors (Lipinski definition) is 3. The molecule has 0 spiro atoms. The Morgan fingerprint density at radius 1 is 1.09 bits per heavy atom. The third kappa shape index (κ3) is 4.25. The molecule has 0 unspecified atom stereocenters. The second-order valence-electron chi connectivity index (χ2n) is 9.14. The molecule has 35 heavy (non-hydrogen) atoms. The highest BCUT2D eigenvalue weighted by molar-refractivity contribution is 5.99. The first-order chi connectivity index (χ1) is 16.9. The molecule has 0 radical (unpaired) electrons. The summed E-state index contributed by atoms with van der Waals surface area (Å²) in [7, 11) is 1.55. The van der Waals surface area contributed by atoms with Crippen molar-refractivity contribution in [2.45, 2.75) is 37.1 Å². The molecule has 0 aliphatic heterocycles. The van der Waals surface area contributed by atoms with E-state index in [-0.39, 0.29) is 30.3 Å². The summed E-state index contributed by atoms with van der Waals surface area (Å²) in [6, 6.07) is 16.2. The number of aromatic nitrogens is 2. The number of alkyl carbamates (subject to hydrolysis) is 1. The quantitative estimate of drug-likeness (QED) is 0.477. The number of fused-ring (bicyclic) bond motifs is 3. The summed E-state index contributed by atoms with van der Waals surface area (Å²) in [4.78, 5) is 36.9. The molecule has 2 aliphatic rings. The van der Waals surface area contributed by atoms with Gasteiger partial charge < -0.3 is 20.5 Å². The molecular formula is C26H26N4O5. The van der Waals surface area contributed by atoms with Crippen molar-refractivity contribution in [3.63, 3.8) is 0 Å². The Hall–Kier alpha value is -4.14. The first kappa shape index (κ1) is 22.6. The van der Waals surface area contributed by atoms with Crippen molar-refractivity contribution in [2.24, 2.45) is 7.05 Å². The molecule has 3 aromatic rings. The molecule has 1 aromatic heterocycles. The Morgan fingerprint density at radius 3 is 2.29 bits per heavy atom. The lowest BCUT2D eigenvalue weighted by atomic mass is 9.74. The fourth-order valence-electron chi connectivity index (χ4n) is 5.03. The van der Waals surface area contributed by atoms with Gasteiger partial charge in [-0.15, -0.1) is 0 Å². The van der Waals surface area contributed by atoms with E-state index in [0.29, 0.717) is 12.8 Å². The molecule has 1 saturated carbocycles. The number of carboxylic acids is 1. The second-order valence-corrected chi connectivity index (χ2v) is 9.14. The highest BCUT2D eigenvalue weighted by atomic mass is 16.5. The zero-order valence-electron chi connectivity index (χ0n) is 19.3. The van der Waals surface area contributed by atoms with Crippen LogP contribution in [0.1, 0.15) is 53.1 Å². The van der Waals surface area contributed by atoms with E-state index in [1.807, 2.05) is 24.3 Å². The molecule has 180 valence electrons. The lowest BCUT2D eigenvalue weighted by molar-refractivity contribution is -0.118. The number of rotatable bonds is 7. The molecule has 2 amide bonds. The van der Waals surface area contributed by atoms with Gasteiger partial charge in [0.05, 0.1) is 18.2 Å². The minimum atomic E-state index is -1.18. The third-order valence-electron chi connectivity index (χ3n) is 6.95. The molecule has 1 fully saturated rings. The van der Waals surface area contributed by atoms with E-state index >= 15 is 0 Å². The zero-order valence-corrected chi connectivity index (χ0v) is 19.3. The van der Waals surface area contributed by atoms with Gasteiger partial charge in [0.25, 0.3) is 0 Å². The molecule has 9 heteroatoms. The Kier molecular flexibility index (Phi) is 5.76. The van der Waals surface area contributed by atoms with Crippen molar-refractivity contribution in [1.29, 1.82) is 0 Å². The number of nitrogens with zero attached hydrogens (tertiary/aromatic N) is 2. The number of ether oxygens (including phenoxy) is 1. The summed E-state index contributed by atoms with van der Waals surface area (Å²) in [6.07, 6.45) is 2.80. The number of carbonyl (C=O) groups is 3.